The second-order valence-electron chi connectivity index (χ2n) is 6.68. The van der Waals surface area contributed by atoms with Gasteiger partial charge in [-0.3, -0.25) is 9.69 Å². The van der Waals surface area contributed by atoms with E-state index < -0.39 is 0 Å². The number of amides is 1. The molecule has 3 aromatic rings. The van der Waals surface area contributed by atoms with Crippen LogP contribution in [0.25, 0.3) is 6.08 Å². The van der Waals surface area contributed by atoms with E-state index in [2.05, 4.69) is 10.2 Å². The van der Waals surface area contributed by atoms with E-state index >= 15 is 0 Å². The van der Waals surface area contributed by atoms with Gasteiger partial charge in [-0.25, -0.2) is 0 Å². The molecule has 0 radical (unpaired) electrons. The van der Waals surface area contributed by atoms with Gasteiger partial charge in [-0.2, -0.15) is 5.10 Å². The Morgan fingerprint density at radius 1 is 1.22 bits per heavy atom. The number of benzene rings is 2. The van der Waals surface area contributed by atoms with E-state index in [-0.39, 0.29) is 18.2 Å². The fourth-order valence-corrected chi connectivity index (χ4v) is 4.02. The van der Waals surface area contributed by atoms with Crippen molar-refractivity contribution in [3.8, 4) is 11.5 Å². The molecule has 1 aliphatic rings. The highest BCUT2D eigenvalue weighted by atomic mass is 35.5. The first-order valence-electron chi connectivity index (χ1n) is 9.51. The predicted molar refractivity (Wildman–Crippen MR) is 126 cm³/mol. The number of carbonyl (C=O) groups excluding carboxylic acids is 1. The second-order valence-corrected chi connectivity index (χ2v) is 8.13. The molecule has 4 rings (SSSR count). The molecule has 2 aromatic carbocycles. The maximum Gasteiger partial charge on any atom is 0.267 e. The molecule has 2 heterocycles. The van der Waals surface area contributed by atoms with Gasteiger partial charge in [-0.15, -0.1) is 5.10 Å². The molecule has 0 unspecified atom stereocenters. The maximum atomic E-state index is 13.1. The highest BCUT2D eigenvalue weighted by molar-refractivity contribution is 8.18. The maximum absolute atomic E-state index is 13.1. The molecule has 1 amide bonds. The monoisotopic (exact) mass is 467 g/mol. The van der Waals surface area contributed by atoms with Crippen LogP contribution < -0.4 is 4.74 Å². The van der Waals surface area contributed by atoms with Crippen molar-refractivity contribution in [2.75, 3.05) is 7.11 Å². The smallest absolute Gasteiger partial charge is 0.267 e. The zero-order chi connectivity index (χ0) is 22.5. The Morgan fingerprint density at radius 2 is 2.03 bits per heavy atom. The molecule has 0 aliphatic carbocycles. The lowest BCUT2D eigenvalue weighted by Crippen LogP contribution is -2.28. The number of methoxy groups -OCH3 is 1. The summed E-state index contributed by atoms with van der Waals surface area (Å²) in [6.07, 6.45) is 4.72. The topological polar surface area (TPSA) is 87.6 Å². The lowest BCUT2D eigenvalue weighted by molar-refractivity contribution is -0.122. The highest BCUT2D eigenvalue weighted by Crippen LogP contribution is 2.34. The van der Waals surface area contributed by atoms with Gasteiger partial charge in [-0.05, 0) is 65.9 Å². The van der Waals surface area contributed by atoms with Gasteiger partial charge in [0.25, 0.3) is 5.91 Å². The molecule has 1 N–H and O–H groups in total. The van der Waals surface area contributed by atoms with Crippen molar-refractivity contribution in [2.24, 2.45) is 10.2 Å². The first-order valence-corrected chi connectivity index (χ1v) is 10.7. The summed E-state index contributed by atoms with van der Waals surface area (Å²) in [5.41, 5.74) is 1.27. The molecule has 32 heavy (non-hydrogen) atoms. The van der Waals surface area contributed by atoms with Gasteiger partial charge in [-0.1, -0.05) is 23.7 Å². The third-order valence-electron chi connectivity index (χ3n) is 4.53. The molecule has 7 nitrogen and oxygen atoms in total. The summed E-state index contributed by atoms with van der Waals surface area (Å²) in [7, 11) is 1.60. The summed E-state index contributed by atoms with van der Waals surface area (Å²) >= 11 is 7.18. The number of ether oxygens (including phenoxy) is 1. The van der Waals surface area contributed by atoms with E-state index in [1.807, 2.05) is 24.3 Å². The lowest BCUT2D eigenvalue weighted by Gasteiger charge is -2.12. The molecule has 9 heteroatoms. The molecule has 1 saturated heterocycles. The van der Waals surface area contributed by atoms with Crippen LogP contribution in [0.15, 0.2) is 80.4 Å². The van der Waals surface area contributed by atoms with Gasteiger partial charge in [0, 0.05) is 10.6 Å². The van der Waals surface area contributed by atoms with Gasteiger partial charge < -0.3 is 14.3 Å². The molecular formula is C23H18ClN3O4S. The van der Waals surface area contributed by atoms with E-state index in [1.165, 1.54) is 28.9 Å². The number of hydrogen-bond donors (Lipinski definition) is 1. The average Bonchev–Trinajstić information content (AvgIpc) is 3.41. The van der Waals surface area contributed by atoms with Gasteiger partial charge in [0.1, 0.15) is 17.3 Å². The van der Waals surface area contributed by atoms with Gasteiger partial charge >= 0.3 is 0 Å². The number of furan rings is 1. The second kappa shape index (κ2) is 9.76. The Labute approximate surface area is 193 Å². The number of rotatable bonds is 6. The van der Waals surface area contributed by atoms with Crippen LogP contribution in [-0.4, -0.2) is 34.4 Å². The van der Waals surface area contributed by atoms with E-state index in [9.17, 15) is 9.90 Å². The minimum absolute atomic E-state index is 0.0287. The highest BCUT2D eigenvalue weighted by Gasteiger charge is 2.34. The van der Waals surface area contributed by atoms with Crippen molar-refractivity contribution >= 4 is 46.7 Å². The van der Waals surface area contributed by atoms with Gasteiger partial charge in [0.05, 0.1) is 31.0 Å². The van der Waals surface area contributed by atoms with Crippen LogP contribution in [0.4, 0.5) is 0 Å². The van der Waals surface area contributed by atoms with Crippen LogP contribution in [0.1, 0.15) is 16.9 Å². The first kappa shape index (κ1) is 21.7. The van der Waals surface area contributed by atoms with Crippen LogP contribution in [0.3, 0.4) is 0 Å². The van der Waals surface area contributed by atoms with Crippen LogP contribution in [0, 0.1) is 0 Å². The van der Waals surface area contributed by atoms with Crippen LogP contribution in [-0.2, 0) is 11.3 Å². The number of nitrogens with zero attached hydrogens (tertiary/aromatic N) is 3. The Hall–Kier alpha value is -3.49. The number of hydrogen-bond acceptors (Lipinski definition) is 7. The SMILES string of the molecule is COc1ccc(/C=C2\S/C(=N\N=C\c3cc(Cl)ccc3O)N(Cc3ccco3)C2=O)cc1. The summed E-state index contributed by atoms with van der Waals surface area (Å²) < 4.78 is 10.6. The Morgan fingerprint density at radius 3 is 2.75 bits per heavy atom. The summed E-state index contributed by atoms with van der Waals surface area (Å²) in [5.74, 6) is 1.18. The van der Waals surface area contributed by atoms with E-state index in [4.69, 9.17) is 20.8 Å². The average molecular weight is 468 g/mol. The van der Waals surface area contributed by atoms with Crippen LogP contribution >= 0.6 is 23.4 Å². The number of halogens is 1. The van der Waals surface area contributed by atoms with Crippen molar-refractivity contribution in [3.63, 3.8) is 0 Å². The lowest BCUT2D eigenvalue weighted by atomic mass is 10.2. The normalized spacial score (nSPS) is 16.6. The zero-order valence-corrected chi connectivity index (χ0v) is 18.5. The van der Waals surface area contributed by atoms with Crippen molar-refractivity contribution in [2.45, 2.75) is 6.54 Å². The minimum Gasteiger partial charge on any atom is -0.507 e. The quantitative estimate of drug-likeness (QED) is 0.307. The largest absolute Gasteiger partial charge is 0.507 e. The Balaban J connectivity index is 1.62. The van der Waals surface area contributed by atoms with E-state index in [0.717, 1.165) is 11.3 Å². The number of amidine groups is 1. The minimum atomic E-state index is -0.207. The number of aromatic hydroxyl groups is 1. The number of carbonyl (C=O) groups is 1. The molecule has 1 aromatic heterocycles. The van der Waals surface area contributed by atoms with Gasteiger partial charge in [0.2, 0.25) is 0 Å². The molecule has 1 fully saturated rings. The van der Waals surface area contributed by atoms with E-state index in [0.29, 0.717) is 26.4 Å². The van der Waals surface area contributed by atoms with Crippen molar-refractivity contribution in [1.82, 2.24) is 4.90 Å². The van der Waals surface area contributed by atoms with Crippen molar-refractivity contribution in [1.29, 1.82) is 0 Å². The molecule has 0 bridgehead atoms. The van der Waals surface area contributed by atoms with Crippen LogP contribution in [0.2, 0.25) is 5.02 Å². The van der Waals surface area contributed by atoms with Crippen molar-refractivity contribution in [3.05, 3.63) is 87.7 Å². The van der Waals surface area contributed by atoms with Crippen LogP contribution in [0.5, 0.6) is 11.5 Å². The van der Waals surface area contributed by atoms with Gasteiger partial charge in [0.15, 0.2) is 5.17 Å². The summed E-state index contributed by atoms with van der Waals surface area (Å²) in [4.78, 5) is 15.1. The Bertz CT molecular complexity index is 1200. The molecule has 0 saturated carbocycles. The predicted octanol–water partition coefficient (Wildman–Crippen LogP) is 5.15. The summed E-state index contributed by atoms with van der Waals surface area (Å²) in [6, 6.07) is 15.6. The molecular weight excluding hydrogens is 450 g/mol. The molecule has 1 aliphatic heterocycles. The van der Waals surface area contributed by atoms with Crippen molar-refractivity contribution < 1.29 is 19.1 Å². The number of phenolic OH excluding ortho intramolecular Hbond substituents is 1. The Kier molecular flexibility index (Phi) is 6.63. The third kappa shape index (κ3) is 5.04. The standard InChI is InChI=1S/C23H18ClN3O4S/c1-30-18-7-4-15(5-8-18)11-21-22(29)27(14-19-3-2-10-31-19)23(32-21)26-25-13-16-12-17(24)6-9-20(16)28/h2-13,28H,14H2,1H3/b21-11-,25-13+,26-23-. The number of phenols is 1. The summed E-state index contributed by atoms with van der Waals surface area (Å²) in [6.45, 7) is 0.218. The fraction of sp³-hybridized carbons (Fsp3) is 0.0870. The molecule has 162 valence electrons. The fourth-order valence-electron chi connectivity index (χ4n) is 2.90. The molecule has 0 spiro atoms. The zero-order valence-electron chi connectivity index (χ0n) is 16.9. The first-order chi connectivity index (χ1) is 15.5. The molecule has 0 atom stereocenters. The summed E-state index contributed by atoms with van der Waals surface area (Å²) in [5, 5.41) is 19.1. The third-order valence-corrected chi connectivity index (χ3v) is 5.76. The van der Waals surface area contributed by atoms with E-state index in [1.54, 1.807) is 43.7 Å². The number of thioether (sulfide) groups is 1.